The van der Waals surface area contributed by atoms with Crippen molar-refractivity contribution in [3.63, 3.8) is 0 Å². The van der Waals surface area contributed by atoms with Crippen LogP contribution in [0.15, 0.2) is 29.4 Å². The molecule has 0 unspecified atom stereocenters. The molecule has 1 aliphatic carbocycles. The maximum atomic E-state index is 5.95. The van der Waals surface area contributed by atoms with Gasteiger partial charge in [-0.3, -0.25) is 4.99 Å². The minimum Gasteiger partial charge on any atom is -0.383 e. The zero-order valence-corrected chi connectivity index (χ0v) is 15.8. The predicted molar refractivity (Wildman–Crippen MR) is 108 cm³/mol. The summed E-state index contributed by atoms with van der Waals surface area (Å²) in [6.45, 7) is 0.626. The first-order valence-corrected chi connectivity index (χ1v) is 9.61. The van der Waals surface area contributed by atoms with Gasteiger partial charge in [-0.2, -0.15) is 0 Å². The highest BCUT2D eigenvalue weighted by atomic mass is 32.1. The first kappa shape index (κ1) is 17.1. The maximum Gasteiger partial charge on any atom is 0.132 e. The van der Waals surface area contributed by atoms with E-state index in [0.717, 1.165) is 21.7 Å². The lowest BCUT2D eigenvalue weighted by molar-refractivity contribution is 0.187. The molecule has 0 amide bonds. The number of aromatic nitrogens is 2. The van der Waals surface area contributed by atoms with Crippen LogP contribution in [0.5, 0.6) is 0 Å². The van der Waals surface area contributed by atoms with Crippen molar-refractivity contribution in [1.29, 1.82) is 0 Å². The van der Waals surface area contributed by atoms with E-state index in [4.69, 9.17) is 15.5 Å². The van der Waals surface area contributed by atoms with Crippen LogP contribution in [0.4, 0.5) is 5.82 Å². The third-order valence-electron chi connectivity index (χ3n) is 4.93. The van der Waals surface area contributed by atoms with Crippen LogP contribution in [-0.2, 0) is 11.3 Å². The fourth-order valence-corrected chi connectivity index (χ4v) is 4.41. The number of hydrogen-bond acceptors (Lipinski definition) is 6. The Bertz CT molecular complexity index is 975. The fraction of sp³-hybridized carbons (Fsp3) is 0.350. The Kier molecular flexibility index (Phi) is 4.70. The number of thiophene rings is 1. The minimum absolute atomic E-state index is 0.484. The number of hydrogen-bond donors (Lipinski definition) is 1. The van der Waals surface area contributed by atoms with Crippen LogP contribution in [0.1, 0.15) is 41.2 Å². The zero-order valence-electron chi connectivity index (χ0n) is 15.0. The van der Waals surface area contributed by atoms with E-state index in [-0.39, 0.29) is 0 Å². The number of nitrogens with two attached hydrogens (primary N) is 1. The molecule has 26 heavy (non-hydrogen) atoms. The normalized spacial score (nSPS) is 15.0. The summed E-state index contributed by atoms with van der Waals surface area (Å²) in [5.74, 6) is 1.11. The van der Waals surface area contributed by atoms with Crippen molar-refractivity contribution in [3.05, 3.63) is 40.4 Å². The molecule has 1 saturated carbocycles. The van der Waals surface area contributed by atoms with Gasteiger partial charge >= 0.3 is 0 Å². The summed E-state index contributed by atoms with van der Waals surface area (Å²) in [4.78, 5) is 15.6. The molecule has 6 heteroatoms. The summed E-state index contributed by atoms with van der Waals surface area (Å²) in [6.07, 6.45) is 7.34. The van der Waals surface area contributed by atoms with Crippen molar-refractivity contribution in [2.24, 2.45) is 4.99 Å². The summed E-state index contributed by atoms with van der Waals surface area (Å²) in [5.41, 5.74) is 10.1. The number of nitrogen functional groups attached to an aromatic ring is 1. The molecule has 5 nitrogen and oxygen atoms in total. The van der Waals surface area contributed by atoms with Crippen LogP contribution in [0, 0.1) is 0 Å². The second-order valence-electron chi connectivity index (χ2n) is 6.67. The number of rotatable bonds is 5. The van der Waals surface area contributed by atoms with Crippen LogP contribution in [0.25, 0.3) is 21.5 Å². The molecular formula is C20H22N4OS. The Balaban J connectivity index is 1.86. The van der Waals surface area contributed by atoms with Gasteiger partial charge in [0.25, 0.3) is 0 Å². The molecule has 2 N–H and O–H groups in total. The van der Waals surface area contributed by atoms with E-state index in [9.17, 15) is 0 Å². The highest BCUT2D eigenvalue weighted by Crippen LogP contribution is 2.42. The van der Waals surface area contributed by atoms with Gasteiger partial charge in [0.15, 0.2) is 0 Å². The minimum atomic E-state index is 0.484. The monoisotopic (exact) mass is 366 g/mol. The highest BCUT2D eigenvalue weighted by Gasteiger charge is 2.24. The fourth-order valence-electron chi connectivity index (χ4n) is 3.38. The van der Waals surface area contributed by atoms with Gasteiger partial charge in [0, 0.05) is 48.0 Å². The Morgan fingerprint density at radius 1 is 1.35 bits per heavy atom. The van der Waals surface area contributed by atoms with E-state index in [1.807, 2.05) is 6.07 Å². The molecule has 0 bridgehead atoms. The van der Waals surface area contributed by atoms with Gasteiger partial charge in [0.05, 0.1) is 12.3 Å². The van der Waals surface area contributed by atoms with Crippen molar-refractivity contribution in [3.8, 4) is 11.3 Å². The summed E-state index contributed by atoms with van der Waals surface area (Å²) in [6, 6.07) is 6.48. The van der Waals surface area contributed by atoms with E-state index in [1.54, 1.807) is 37.9 Å². The first-order chi connectivity index (χ1) is 12.7. The second kappa shape index (κ2) is 7.13. The van der Waals surface area contributed by atoms with E-state index < -0.39 is 0 Å². The van der Waals surface area contributed by atoms with Crippen LogP contribution in [0.3, 0.4) is 0 Å². The number of anilines is 1. The van der Waals surface area contributed by atoms with Gasteiger partial charge < -0.3 is 10.5 Å². The summed E-state index contributed by atoms with van der Waals surface area (Å²) < 4.78 is 5.31. The summed E-state index contributed by atoms with van der Waals surface area (Å²) in [5, 5.41) is 1.27. The van der Waals surface area contributed by atoms with Crippen molar-refractivity contribution in [2.45, 2.75) is 31.8 Å². The number of pyridine rings is 2. The standard InChI is InChI=1S/C20H22N4OS/c1-22-9-14-6-13(10-23-19(14)21)18-8-16(12-4-3-5-12)17-7-15(11-25-2)26-20(17)24-18/h6-10,12H,3-5,11H2,1-2H3,(H2,21,23). The van der Waals surface area contributed by atoms with Crippen LogP contribution >= 0.6 is 11.3 Å². The lowest BCUT2D eigenvalue weighted by Gasteiger charge is -2.26. The molecule has 0 spiro atoms. The average molecular weight is 366 g/mol. The molecule has 4 rings (SSSR count). The van der Waals surface area contributed by atoms with Gasteiger partial charge in [0.2, 0.25) is 0 Å². The van der Waals surface area contributed by atoms with E-state index in [0.29, 0.717) is 18.3 Å². The lowest BCUT2D eigenvalue weighted by atomic mass is 9.79. The number of fused-ring (bicyclic) bond motifs is 1. The number of aliphatic imine (C=N–C) groups is 1. The van der Waals surface area contributed by atoms with Gasteiger partial charge in [-0.1, -0.05) is 6.42 Å². The number of methoxy groups -OCH3 is 1. The number of ether oxygens (including phenoxy) is 1. The zero-order chi connectivity index (χ0) is 18.1. The molecule has 1 fully saturated rings. The molecule has 1 aliphatic rings. The Morgan fingerprint density at radius 2 is 2.19 bits per heavy atom. The lowest BCUT2D eigenvalue weighted by Crippen LogP contribution is -2.09. The van der Waals surface area contributed by atoms with E-state index >= 15 is 0 Å². The molecule has 0 aromatic carbocycles. The number of nitrogens with zero attached hydrogens (tertiary/aromatic N) is 3. The van der Waals surface area contributed by atoms with E-state index in [1.165, 1.54) is 35.1 Å². The summed E-state index contributed by atoms with van der Waals surface area (Å²) in [7, 11) is 3.46. The maximum absolute atomic E-state index is 5.95. The second-order valence-corrected chi connectivity index (χ2v) is 7.79. The largest absolute Gasteiger partial charge is 0.383 e. The molecule has 3 aromatic heterocycles. The molecule has 3 aromatic rings. The van der Waals surface area contributed by atoms with Gasteiger partial charge in [0.1, 0.15) is 10.6 Å². The third kappa shape index (κ3) is 3.10. The van der Waals surface area contributed by atoms with Crippen LogP contribution in [-0.4, -0.2) is 30.3 Å². The molecule has 3 heterocycles. The predicted octanol–water partition coefficient (Wildman–Crippen LogP) is 4.40. The Morgan fingerprint density at radius 3 is 2.88 bits per heavy atom. The Labute approximate surface area is 157 Å². The van der Waals surface area contributed by atoms with Crippen molar-refractivity contribution in [1.82, 2.24) is 9.97 Å². The van der Waals surface area contributed by atoms with Crippen molar-refractivity contribution in [2.75, 3.05) is 19.9 Å². The topological polar surface area (TPSA) is 73.4 Å². The quantitative estimate of drug-likeness (QED) is 0.679. The third-order valence-corrected chi connectivity index (χ3v) is 5.94. The van der Waals surface area contributed by atoms with E-state index in [2.05, 4.69) is 22.1 Å². The smallest absolute Gasteiger partial charge is 0.132 e. The molecule has 134 valence electrons. The highest BCUT2D eigenvalue weighted by molar-refractivity contribution is 7.18. The van der Waals surface area contributed by atoms with Gasteiger partial charge in [-0.05, 0) is 42.5 Å². The van der Waals surface area contributed by atoms with Crippen molar-refractivity contribution < 1.29 is 4.74 Å². The summed E-state index contributed by atoms with van der Waals surface area (Å²) >= 11 is 1.71. The average Bonchev–Trinajstić information content (AvgIpc) is 2.98. The van der Waals surface area contributed by atoms with Crippen molar-refractivity contribution >= 4 is 33.6 Å². The molecule has 0 atom stereocenters. The van der Waals surface area contributed by atoms with Gasteiger partial charge in [-0.25, -0.2) is 9.97 Å². The van der Waals surface area contributed by atoms with Crippen LogP contribution in [0.2, 0.25) is 0 Å². The molecule has 0 saturated heterocycles. The Hall–Kier alpha value is -2.31. The first-order valence-electron chi connectivity index (χ1n) is 8.80. The van der Waals surface area contributed by atoms with Crippen LogP contribution < -0.4 is 5.73 Å². The van der Waals surface area contributed by atoms with Gasteiger partial charge in [-0.15, -0.1) is 11.3 Å². The SMILES string of the molecule is CN=Cc1cc(-c2cc(C3CCC3)c3cc(COC)sc3n2)cnc1N. The molecular weight excluding hydrogens is 344 g/mol. The molecule has 0 aliphatic heterocycles. The molecule has 0 radical (unpaired) electrons.